The van der Waals surface area contributed by atoms with Crippen LogP contribution in [0, 0.1) is 0 Å². The van der Waals surface area contributed by atoms with Crippen molar-refractivity contribution in [1.29, 1.82) is 0 Å². The highest BCUT2D eigenvalue weighted by molar-refractivity contribution is 7.86. The maximum atomic E-state index is 11.9. The molecule has 0 radical (unpaired) electrons. The Morgan fingerprint density at radius 2 is 1.67 bits per heavy atom. The lowest BCUT2D eigenvalue weighted by Crippen LogP contribution is -2.20. The van der Waals surface area contributed by atoms with Gasteiger partial charge in [0.2, 0.25) is 0 Å². The average molecular weight is 272 g/mol. The van der Waals surface area contributed by atoms with Crippen LogP contribution in [0.2, 0.25) is 0 Å². The molecule has 0 bridgehead atoms. The highest BCUT2D eigenvalue weighted by Gasteiger charge is 2.19. The second-order valence-corrected chi connectivity index (χ2v) is 6.11. The summed E-state index contributed by atoms with van der Waals surface area (Å²) >= 11 is 0. The number of rotatable bonds is 6. The summed E-state index contributed by atoms with van der Waals surface area (Å²) in [5.41, 5.74) is 1.10. The van der Waals surface area contributed by atoms with Gasteiger partial charge in [0.25, 0.3) is 10.1 Å². The molecule has 1 atom stereocenters. The van der Waals surface area contributed by atoms with E-state index in [0.717, 1.165) is 5.56 Å². The maximum Gasteiger partial charge on any atom is 0.297 e. The summed E-state index contributed by atoms with van der Waals surface area (Å²) in [6, 6.07) is 6.76. The first-order chi connectivity index (χ1) is 8.36. The SMILES string of the molecule is COCC(C)OS(=O)(=O)c1ccc(C(C)C)cc1. The van der Waals surface area contributed by atoms with Crippen LogP contribution in [0.1, 0.15) is 32.3 Å². The van der Waals surface area contributed by atoms with Gasteiger partial charge in [-0.3, -0.25) is 4.18 Å². The van der Waals surface area contributed by atoms with Crippen molar-refractivity contribution in [3.05, 3.63) is 29.8 Å². The van der Waals surface area contributed by atoms with Gasteiger partial charge in [-0.25, -0.2) is 0 Å². The Morgan fingerprint density at radius 3 is 2.11 bits per heavy atom. The third-order valence-corrected chi connectivity index (χ3v) is 3.96. The van der Waals surface area contributed by atoms with Gasteiger partial charge in [0.15, 0.2) is 0 Å². The number of methoxy groups -OCH3 is 1. The molecule has 0 heterocycles. The number of benzene rings is 1. The van der Waals surface area contributed by atoms with E-state index in [1.807, 2.05) is 12.1 Å². The summed E-state index contributed by atoms with van der Waals surface area (Å²) in [7, 11) is -2.20. The smallest absolute Gasteiger partial charge is 0.297 e. The summed E-state index contributed by atoms with van der Waals surface area (Å²) in [6.45, 7) is 6.01. The standard InChI is InChI=1S/C13H20O4S/c1-10(2)12-5-7-13(8-6-12)18(14,15)17-11(3)9-16-4/h5-8,10-11H,9H2,1-4H3. The molecular weight excluding hydrogens is 252 g/mol. The molecule has 0 spiro atoms. The Kier molecular flexibility index (Phi) is 5.31. The van der Waals surface area contributed by atoms with Crippen LogP contribution in [-0.4, -0.2) is 28.2 Å². The fourth-order valence-corrected chi connectivity index (χ4v) is 2.62. The van der Waals surface area contributed by atoms with E-state index < -0.39 is 16.2 Å². The Bertz CT molecular complexity index is 462. The molecule has 0 amide bonds. The lowest BCUT2D eigenvalue weighted by Gasteiger charge is -2.12. The second kappa shape index (κ2) is 6.31. The van der Waals surface area contributed by atoms with Crippen LogP contribution in [0.4, 0.5) is 0 Å². The molecule has 1 rings (SSSR count). The van der Waals surface area contributed by atoms with E-state index in [9.17, 15) is 8.42 Å². The fourth-order valence-electron chi connectivity index (χ4n) is 1.55. The molecule has 4 nitrogen and oxygen atoms in total. The third-order valence-electron chi connectivity index (χ3n) is 2.53. The van der Waals surface area contributed by atoms with Gasteiger partial charge in [-0.05, 0) is 30.5 Å². The average Bonchev–Trinajstić information content (AvgIpc) is 2.28. The van der Waals surface area contributed by atoms with E-state index in [4.69, 9.17) is 8.92 Å². The molecular formula is C13H20O4S. The summed E-state index contributed by atoms with van der Waals surface area (Å²) in [6.07, 6.45) is -0.496. The highest BCUT2D eigenvalue weighted by Crippen LogP contribution is 2.19. The molecule has 0 aromatic heterocycles. The van der Waals surface area contributed by atoms with Crippen molar-refractivity contribution in [3.63, 3.8) is 0 Å². The summed E-state index contributed by atoms with van der Waals surface area (Å²) in [4.78, 5) is 0.176. The van der Waals surface area contributed by atoms with Crippen molar-refractivity contribution < 1.29 is 17.3 Å². The largest absolute Gasteiger partial charge is 0.382 e. The first-order valence-corrected chi connectivity index (χ1v) is 7.30. The minimum absolute atomic E-state index is 0.176. The topological polar surface area (TPSA) is 52.6 Å². The minimum atomic E-state index is -3.70. The minimum Gasteiger partial charge on any atom is -0.382 e. The number of hydrogen-bond donors (Lipinski definition) is 0. The van der Waals surface area contributed by atoms with Gasteiger partial charge in [-0.15, -0.1) is 0 Å². The lowest BCUT2D eigenvalue weighted by atomic mass is 10.0. The molecule has 5 heteroatoms. The second-order valence-electron chi connectivity index (χ2n) is 4.54. The molecule has 0 N–H and O–H groups in total. The molecule has 0 aliphatic heterocycles. The molecule has 1 unspecified atom stereocenters. The van der Waals surface area contributed by atoms with E-state index in [0.29, 0.717) is 5.92 Å². The predicted molar refractivity (Wildman–Crippen MR) is 70.1 cm³/mol. The van der Waals surface area contributed by atoms with E-state index in [1.165, 1.54) is 7.11 Å². The molecule has 0 saturated heterocycles. The van der Waals surface area contributed by atoms with Crippen molar-refractivity contribution in [3.8, 4) is 0 Å². The van der Waals surface area contributed by atoms with Crippen LogP contribution < -0.4 is 0 Å². The van der Waals surface area contributed by atoms with Crippen LogP contribution in [0.3, 0.4) is 0 Å². The lowest BCUT2D eigenvalue weighted by molar-refractivity contribution is 0.0962. The summed E-state index contributed by atoms with van der Waals surface area (Å²) in [5.74, 6) is 0.370. The number of ether oxygens (including phenoxy) is 1. The van der Waals surface area contributed by atoms with Gasteiger partial charge in [-0.1, -0.05) is 26.0 Å². The Morgan fingerprint density at radius 1 is 1.11 bits per heavy atom. The Hall–Kier alpha value is -0.910. The maximum absolute atomic E-state index is 11.9. The zero-order chi connectivity index (χ0) is 13.8. The fraction of sp³-hybridized carbons (Fsp3) is 0.538. The van der Waals surface area contributed by atoms with Crippen LogP contribution in [-0.2, 0) is 19.0 Å². The molecule has 102 valence electrons. The summed E-state index contributed by atoms with van der Waals surface area (Å²) in [5, 5.41) is 0. The van der Waals surface area contributed by atoms with Crippen LogP contribution in [0.25, 0.3) is 0 Å². The van der Waals surface area contributed by atoms with E-state index in [2.05, 4.69) is 13.8 Å². The molecule has 0 aliphatic carbocycles. The van der Waals surface area contributed by atoms with Crippen molar-refractivity contribution in [2.45, 2.75) is 37.7 Å². The van der Waals surface area contributed by atoms with E-state index >= 15 is 0 Å². The quantitative estimate of drug-likeness (QED) is 0.747. The molecule has 0 saturated carbocycles. The van der Waals surface area contributed by atoms with Gasteiger partial charge in [-0.2, -0.15) is 8.42 Å². The molecule has 1 aromatic rings. The molecule has 0 fully saturated rings. The molecule has 1 aromatic carbocycles. The van der Waals surface area contributed by atoms with E-state index in [-0.39, 0.29) is 11.5 Å². The van der Waals surface area contributed by atoms with Gasteiger partial charge in [0.05, 0.1) is 17.6 Å². The van der Waals surface area contributed by atoms with Gasteiger partial charge < -0.3 is 4.74 Å². The van der Waals surface area contributed by atoms with Gasteiger partial charge >= 0.3 is 0 Å². The van der Waals surface area contributed by atoms with Crippen molar-refractivity contribution in [1.82, 2.24) is 0 Å². The summed E-state index contributed by atoms with van der Waals surface area (Å²) < 4.78 is 33.7. The first-order valence-electron chi connectivity index (χ1n) is 5.89. The molecule has 18 heavy (non-hydrogen) atoms. The predicted octanol–water partition coefficient (Wildman–Crippen LogP) is 2.55. The first kappa shape index (κ1) is 15.1. The zero-order valence-corrected chi connectivity index (χ0v) is 12.0. The highest BCUT2D eigenvalue weighted by atomic mass is 32.2. The van der Waals surface area contributed by atoms with Gasteiger partial charge in [0.1, 0.15) is 0 Å². The van der Waals surface area contributed by atoms with Crippen molar-refractivity contribution in [2.75, 3.05) is 13.7 Å². The van der Waals surface area contributed by atoms with Crippen molar-refractivity contribution in [2.24, 2.45) is 0 Å². The van der Waals surface area contributed by atoms with Gasteiger partial charge in [0, 0.05) is 7.11 Å². The van der Waals surface area contributed by atoms with Crippen molar-refractivity contribution >= 4 is 10.1 Å². The molecule has 0 aliphatic rings. The monoisotopic (exact) mass is 272 g/mol. The number of hydrogen-bond acceptors (Lipinski definition) is 4. The Labute approximate surface area is 109 Å². The van der Waals surface area contributed by atoms with Crippen LogP contribution in [0.15, 0.2) is 29.2 Å². The zero-order valence-electron chi connectivity index (χ0n) is 11.2. The normalized spacial score (nSPS) is 13.8. The Balaban J connectivity index is 2.85. The van der Waals surface area contributed by atoms with E-state index in [1.54, 1.807) is 19.1 Å². The van der Waals surface area contributed by atoms with Crippen LogP contribution in [0.5, 0.6) is 0 Å². The third kappa shape index (κ3) is 4.08. The van der Waals surface area contributed by atoms with Crippen LogP contribution >= 0.6 is 0 Å².